The fourth-order valence-electron chi connectivity index (χ4n) is 2.31. The van der Waals surface area contributed by atoms with E-state index in [4.69, 9.17) is 5.11 Å². The number of carbonyl (C=O) groups is 1. The smallest absolute Gasteiger partial charge is 0.303 e. The lowest BCUT2D eigenvalue weighted by Gasteiger charge is -2.36. The molecule has 1 aromatic carbocycles. The number of carboxylic acids is 1. The van der Waals surface area contributed by atoms with Crippen molar-refractivity contribution in [1.29, 1.82) is 0 Å². The van der Waals surface area contributed by atoms with Gasteiger partial charge in [0, 0.05) is 25.4 Å². The molecule has 1 aliphatic heterocycles. The summed E-state index contributed by atoms with van der Waals surface area (Å²) in [6, 6.07) is 8.65. The summed E-state index contributed by atoms with van der Waals surface area (Å²) in [5.41, 5.74) is 2.65. The Morgan fingerprint density at radius 1 is 1.35 bits per heavy atom. The van der Waals surface area contributed by atoms with Crippen molar-refractivity contribution in [1.82, 2.24) is 4.90 Å². The van der Waals surface area contributed by atoms with Crippen LogP contribution >= 0.6 is 0 Å². The number of hydrogen-bond acceptors (Lipinski definition) is 2. The fraction of sp³-hybridized carbons (Fsp3) is 0.500. The molecular formula is C14H19NO2. The van der Waals surface area contributed by atoms with E-state index in [0.29, 0.717) is 5.92 Å². The highest BCUT2D eigenvalue weighted by Gasteiger charge is 2.24. The van der Waals surface area contributed by atoms with Gasteiger partial charge in [-0.1, -0.05) is 24.3 Å². The first-order valence-electron chi connectivity index (χ1n) is 6.14. The highest BCUT2D eigenvalue weighted by molar-refractivity contribution is 5.66. The van der Waals surface area contributed by atoms with Gasteiger partial charge in [0.1, 0.15) is 0 Å². The fourth-order valence-corrected chi connectivity index (χ4v) is 2.31. The average molecular weight is 233 g/mol. The van der Waals surface area contributed by atoms with Crippen LogP contribution in [0.2, 0.25) is 0 Å². The van der Waals surface area contributed by atoms with Gasteiger partial charge >= 0.3 is 5.97 Å². The normalized spacial score (nSPS) is 16.8. The van der Waals surface area contributed by atoms with Crippen molar-refractivity contribution in [2.45, 2.75) is 25.2 Å². The highest BCUT2D eigenvalue weighted by Crippen LogP contribution is 2.25. The first-order chi connectivity index (χ1) is 8.15. The topological polar surface area (TPSA) is 40.5 Å². The lowest BCUT2D eigenvalue weighted by atomic mass is 9.91. The molecule has 1 saturated heterocycles. The molecule has 1 N–H and O–H groups in total. The highest BCUT2D eigenvalue weighted by atomic mass is 16.4. The summed E-state index contributed by atoms with van der Waals surface area (Å²) >= 11 is 0. The molecule has 92 valence electrons. The van der Waals surface area contributed by atoms with Crippen LogP contribution in [0.1, 0.15) is 29.9 Å². The van der Waals surface area contributed by atoms with Crippen molar-refractivity contribution >= 4 is 5.97 Å². The molecule has 1 heterocycles. The zero-order valence-corrected chi connectivity index (χ0v) is 10.2. The molecule has 1 fully saturated rings. The average Bonchev–Trinajstić information content (AvgIpc) is 2.26. The molecule has 0 bridgehead atoms. The standard InChI is InChI=1S/C14H19NO2/c1-15-9-13(10-15)12-7-5-11(6-8-12)3-2-4-14(16)17/h5-8,13H,2-4,9-10H2,1H3,(H,16,17). The Labute approximate surface area is 102 Å². The molecule has 1 aliphatic rings. The maximum absolute atomic E-state index is 10.4. The number of likely N-dealkylation sites (tertiary alicyclic amines) is 1. The Morgan fingerprint density at radius 3 is 2.53 bits per heavy atom. The molecule has 17 heavy (non-hydrogen) atoms. The molecule has 0 unspecified atom stereocenters. The lowest BCUT2D eigenvalue weighted by molar-refractivity contribution is -0.137. The molecule has 0 saturated carbocycles. The van der Waals surface area contributed by atoms with Crippen molar-refractivity contribution in [2.24, 2.45) is 0 Å². The maximum Gasteiger partial charge on any atom is 0.303 e. The van der Waals surface area contributed by atoms with Gasteiger partial charge in [0.25, 0.3) is 0 Å². The first-order valence-corrected chi connectivity index (χ1v) is 6.14. The lowest BCUT2D eigenvalue weighted by Crippen LogP contribution is -2.41. The number of rotatable bonds is 5. The van der Waals surface area contributed by atoms with Crippen LogP contribution in [0, 0.1) is 0 Å². The predicted molar refractivity (Wildman–Crippen MR) is 67.3 cm³/mol. The van der Waals surface area contributed by atoms with Crippen LogP contribution < -0.4 is 0 Å². The maximum atomic E-state index is 10.4. The van der Waals surface area contributed by atoms with Crippen LogP contribution in [0.25, 0.3) is 0 Å². The summed E-state index contributed by atoms with van der Waals surface area (Å²) in [6.07, 6.45) is 1.84. The number of likely N-dealkylation sites (N-methyl/N-ethyl adjacent to an activating group) is 1. The number of carboxylic acid groups (broad SMARTS) is 1. The summed E-state index contributed by atoms with van der Waals surface area (Å²) in [7, 11) is 2.14. The van der Waals surface area contributed by atoms with Gasteiger partial charge in [-0.25, -0.2) is 0 Å². The van der Waals surface area contributed by atoms with Crippen molar-refractivity contribution in [3.8, 4) is 0 Å². The van der Waals surface area contributed by atoms with Gasteiger partial charge in [0.15, 0.2) is 0 Å². The van der Waals surface area contributed by atoms with Crippen molar-refractivity contribution < 1.29 is 9.90 Å². The van der Waals surface area contributed by atoms with Crippen LogP contribution in [0.4, 0.5) is 0 Å². The molecule has 0 radical (unpaired) electrons. The largest absolute Gasteiger partial charge is 0.481 e. The number of benzene rings is 1. The van der Waals surface area contributed by atoms with Crippen molar-refractivity contribution in [3.63, 3.8) is 0 Å². The first kappa shape index (κ1) is 12.1. The minimum absolute atomic E-state index is 0.259. The summed E-state index contributed by atoms with van der Waals surface area (Å²) in [4.78, 5) is 12.7. The van der Waals surface area contributed by atoms with E-state index in [-0.39, 0.29) is 6.42 Å². The Hall–Kier alpha value is -1.35. The summed E-state index contributed by atoms with van der Waals surface area (Å²) in [5, 5.41) is 8.57. The third kappa shape index (κ3) is 3.30. The van der Waals surface area contributed by atoms with Crippen LogP contribution in [0.5, 0.6) is 0 Å². The number of aryl methyl sites for hydroxylation is 1. The van der Waals surface area contributed by atoms with Crippen LogP contribution in [0.3, 0.4) is 0 Å². The van der Waals surface area contributed by atoms with E-state index in [1.54, 1.807) is 0 Å². The molecule has 3 heteroatoms. The van der Waals surface area contributed by atoms with Gasteiger partial charge in [-0.3, -0.25) is 4.79 Å². The van der Waals surface area contributed by atoms with E-state index in [2.05, 4.69) is 36.2 Å². The van der Waals surface area contributed by atoms with Crippen molar-refractivity contribution in [3.05, 3.63) is 35.4 Å². The molecule has 0 aromatic heterocycles. The van der Waals surface area contributed by atoms with E-state index < -0.39 is 5.97 Å². The van der Waals surface area contributed by atoms with Gasteiger partial charge < -0.3 is 10.0 Å². The molecule has 0 atom stereocenters. The van der Waals surface area contributed by atoms with Gasteiger partial charge in [-0.15, -0.1) is 0 Å². The second-order valence-electron chi connectivity index (χ2n) is 4.91. The molecule has 0 aliphatic carbocycles. The van der Waals surface area contributed by atoms with E-state index >= 15 is 0 Å². The van der Waals surface area contributed by atoms with E-state index in [9.17, 15) is 4.79 Å². The number of hydrogen-bond donors (Lipinski definition) is 1. The quantitative estimate of drug-likeness (QED) is 0.847. The minimum Gasteiger partial charge on any atom is -0.481 e. The minimum atomic E-state index is -0.709. The number of nitrogens with zero attached hydrogens (tertiary/aromatic N) is 1. The van der Waals surface area contributed by atoms with Crippen molar-refractivity contribution in [2.75, 3.05) is 20.1 Å². The van der Waals surface area contributed by atoms with Gasteiger partial charge in [-0.05, 0) is 31.0 Å². The molecule has 3 nitrogen and oxygen atoms in total. The Bertz CT molecular complexity index is 380. The van der Waals surface area contributed by atoms with Crippen LogP contribution in [0.15, 0.2) is 24.3 Å². The molecule has 1 aromatic rings. The Morgan fingerprint density at radius 2 is 2.00 bits per heavy atom. The number of aliphatic carboxylic acids is 1. The van der Waals surface area contributed by atoms with E-state index in [1.165, 1.54) is 11.1 Å². The second kappa shape index (κ2) is 5.32. The molecule has 0 amide bonds. The summed E-state index contributed by atoms with van der Waals surface area (Å²) in [6.45, 7) is 2.30. The molecule has 0 spiro atoms. The zero-order valence-electron chi connectivity index (χ0n) is 10.2. The molecule has 2 rings (SSSR count). The monoisotopic (exact) mass is 233 g/mol. The summed E-state index contributed by atoms with van der Waals surface area (Å²) < 4.78 is 0. The van der Waals surface area contributed by atoms with Gasteiger partial charge in [0.2, 0.25) is 0 Å². The van der Waals surface area contributed by atoms with E-state index in [1.807, 2.05) is 0 Å². The third-order valence-corrected chi connectivity index (χ3v) is 3.37. The zero-order chi connectivity index (χ0) is 12.3. The van der Waals surface area contributed by atoms with E-state index in [0.717, 1.165) is 25.9 Å². The Kier molecular flexibility index (Phi) is 3.79. The van der Waals surface area contributed by atoms with Gasteiger partial charge in [0.05, 0.1) is 0 Å². The van der Waals surface area contributed by atoms with Crippen LogP contribution in [-0.4, -0.2) is 36.1 Å². The third-order valence-electron chi connectivity index (χ3n) is 3.37. The summed E-state index contributed by atoms with van der Waals surface area (Å²) in [5.74, 6) is -0.0211. The van der Waals surface area contributed by atoms with Gasteiger partial charge in [-0.2, -0.15) is 0 Å². The predicted octanol–water partition coefficient (Wildman–Crippen LogP) is 2.12. The second-order valence-corrected chi connectivity index (χ2v) is 4.91. The SMILES string of the molecule is CN1CC(c2ccc(CCCC(=O)O)cc2)C1. The molecular weight excluding hydrogens is 214 g/mol. The Balaban J connectivity index is 1.83. The van der Waals surface area contributed by atoms with Crippen LogP contribution in [-0.2, 0) is 11.2 Å².